The van der Waals surface area contributed by atoms with Crippen LogP contribution in [-0.4, -0.2) is 25.8 Å². The quantitative estimate of drug-likeness (QED) is 0.813. The number of carbonyl (C=O) groups is 1. The van der Waals surface area contributed by atoms with Gasteiger partial charge in [0.1, 0.15) is 6.61 Å². The summed E-state index contributed by atoms with van der Waals surface area (Å²) in [5.41, 5.74) is -0.514. The van der Waals surface area contributed by atoms with E-state index in [1.165, 1.54) is 12.1 Å². The van der Waals surface area contributed by atoms with E-state index >= 15 is 0 Å². The second-order valence-corrected chi connectivity index (χ2v) is 3.69. The van der Waals surface area contributed by atoms with Gasteiger partial charge in [0, 0.05) is 12.2 Å². The van der Waals surface area contributed by atoms with Crippen LogP contribution in [0.1, 0.15) is 12.5 Å². The largest absolute Gasteiger partial charge is 0.448 e. The Morgan fingerprint density at radius 2 is 1.89 bits per heavy atom. The van der Waals surface area contributed by atoms with Crippen LogP contribution >= 0.6 is 0 Å². The molecule has 0 aliphatic carbocycles. The van der Waals surface area contributed by atoms with E-state index in [2.05, 4.69) is 10.6 Å². The standard InChI is InChI=1S/C12H15F3N2O2/c1-2-16-7-8-19-11(18)17-10-5-3-9(4-6-10)12(13,14)15/h3-6,16H,2,7-8H2,1H3,(H,17,18). The van der Waals surface area contributed by atoms with Crippen LogP contribution in [0, 0.1) is 0 Å². The van der Waals surface area contributed by atoms with Crippen LogP contribution in [0.4, 0.5) is 23.7 Å². The second kappa shape index (κ2) is 6.98. The van der Waals surface area contributed by atoms with Crippen molar-refractivity contribution in [2.45, 2.75) is 13.1 Å². The highest BCUT2D eigenvalue weighted by atomic mass is 19.4. The average Bonchev–Trinajstić information content (AvgIpc) is 2.34. The summed E-state index contributed by atoms with van der Waals surface area (Å²) in [6.45, 7) is 3.41. The van der Waals surface area contributed by atoms with Crippen molar-refractivity contribution in [3.63, 3.8) is 0 Å². The minimum Gasteiger partial charge on any atom is -0.448 e. The summed E-state index contributed by atoms with van der Waals surface area (Å²) in [5, 5.41) is 5.30. The van der Waals surface area contributed by atoms with E-state index in [4.69, 9.17) is 4.74 Å². The van der Waals surface area contributed by atoms with Crippen molar-refractivity contribution in [1.29, 1.82) is 0 Å². The number of anilines is 1. The van der Waals surface area contributed by atoms with Crippen molar-refractivity contribution in [3.8, 4) is 0 Å². The highest BCUT2D eigenvalue weighted by Gasteiger charge is 2.29. The molecule has 7 heteroatoms. The zero-order chi connectivity index (χ0) is 14.3. The first-order valence-corrected chi connectivity index (χ1v) is 5.75. The Kier molecular flexibility index (Phi) is 5.62. The molecule has 0 heterocycles. The fourth-order valence-electron chi connectivity index (χ4n) is 1.29. The first-order valence-electron chi connectivity index (χ1n) is 5.75. The molecule has 0 spiro atoms. The van der Waals surface area contributed by atoms with Gasteiger partial charge in [0.25, 0.3) is 0 Å². The maximum atomic E-state index is 12.3. The zero-order valence-corrected chi connectivity index (χ0v) is 10.4. The highest BCUT2D eigenvalue weighted by Crippen LogP contribution is 2.29. The molecule has 0 radical (unpaired) electrons. The van der Waals surface area contributed by atoms with E-state index in [-0.39, 0.29) is 12.3 Å². The minimum absolute atomic E-state index is 0.195. The second-order valence-electron chi connectivity index (χ2n) is 3.69. The molecule has 0 bridgehead atoms. The van der Waals surface area contributed by atoms with Gasteiger partial charge in [-0.1, -0.05) is 6.92 Å². The molecule has 0 saturated carbocycles. The number of amides is 1. The van der Waals surface area contributed by atoms with E-state index in [1.807, 2.05) is 6.92 Å². The lowest BCUT2D eigenvalue weighted by atomic mass is 10.2. The van der Waals surface area contributed by atoms with Gasteiger partial charge in [-0.05, 0) is 30.8 Å². The predicted octanol–water partition coefficient (Wildman–Crippen LogP) is 2.86. The van der Waals surface area contributed by atoms with Gasteiger partial charge >= 0.3 is 12.3 Å². The lowest BCUT2D eigenvalue weighted by Gasteiger charge is -2.09. The number of rotatable bonds is 5. The maximum absolute atomic E-state index is 12.3. The third-order valence-corrected chi connectivity index (χ3v) is 2.22. The van der Waals surface area contributed by atoms with Crippen molar-refractivity contribution in [1.82, 2.24) is 5.32 Å². The van der Waals surface area contributed by atoms with Crippen molar-refractivity contribution in [2.24, 2.45) is 0 Å². The van der Waals surface area contributed by atoms with Crippen LogP contribution < -0.4 is 10.6 Å². The van der Waals surface area contributed by atoms with Crippen LogP contribution in [0.15, 0.2) is 24.3 Å². The summed E-state index contributed by atoms with van der Waals surface area (Å²) in [6, 6.07) is 4.14. The average molecular weight is 276 g/mol. The summed E-state index contributed by atoms with van der Waals surface area (Å²) < 4.78 is 41.7. The molecule has 4 nitrogen and oxygen atoms in total. The molecule has 1 aromatic rings. The Bertz CT molecular complexity index is 404. The van der Waals surface area contributed by atoms with Crippen LogP contribution in [0.25, 0.3) is 0 Å². The van der Waals surface area contributed by atoms with Crippen molar-refractivity contribution in [3.05, 3.63) is 29.8 Å². The number of carbonyl (C=O) groups excluding carboxylic acids is 1. The summed E-state index contributed by atoms with van der Waals surface area (Å²) >= 11 is 0. The molecule has 106 valence electrons. The summed E-state index contributed by atoms with van der Waals surface area (Å²) in [5.74, 6) is 0. The number of ether oxygens (including phenoxy) is 1. The fourth-order valence-corrected chi connectivity index (χ4v) is 1.29. The molecular formula is C12H15F3N2O2. The lowest BCUT2D eigenvalue weighted by molar-refractivity contribution is -0.137. The molecule has 1 aromatic carbocycles. The molecule has 0 atom stereocenters. The van der Waals surface area contributed by atoms with E-state index in [9.17, 15) is 18.0 Å². The minimum atomic E-state index is -4.38. The van der Waals surface area contributed by atoms with Crippen molar-refractivity contribution >= 4 is 11.8 Å². The molecule has 0 unspecified atom stereocenters. The van der Waals surface area contributed by atoms with Gasteiger partial charge in [-0.25, -0.2) is 4.79 Å². The molecule has 19 heavy (non-hydrogen) atoms. The van der Waals surface area contributed by atoms with E-state index < -0.39 is 17.8 Å². The number of alkyl halides is 3. The zero-order valence-electron chi connectivity index (χ0n) is 10.4. The first-order chi connectivity index (χ1) is 8.93. The first kappa shape index (κ1) is 15.3. The lowest BCUT2D eigenvalue weighted by Crippen LogP contribution is -2.23. The third-order valence-electron chi connectivity index (χ3n) is 2.22. The Morgan fingerprint density at radius 1 is 1.26 bits per heavy atom. The Morgan fingerprint density at radius 3 is 2.42 bits per heavy atom. The molecule has 0 aliphatic heterocycles. The van der Waals surface area contributed by atoms with Crippen molar-refractivity contribution < 1.29 is 22.7 Å². The number of halogens is 3. The van der Waals surface area contributed by atoms with Crippen LogP contribution in [0.3, 0.4) is 0 Å². The van der Waals surface area contributed by atoms with Crippen LogP contribution in [-0.2, 0) is 10.9 Å². The van der Waals surface area contributed by atoms with Gasteiger partial charge in [-0.15, -0.1) is 0 Å². The van der Waals surface area contributed by atoms with Crippen molar-refractivity contribution in [2.75, 3.05) is 25.0 Å². The summed E-state index contributed by atoms with van der Waals surface area (Å²) in [7, 11) is 0. The third kappa shape index (κ3) is 5.60. The van der Waals surface area contributed by atoms with E-state index in [0.717, 1.165) is 18.7 Å². The van der Waals surface area contributed by atoms with Crippen LogP contribution in [0.2, 0.25) is 0 Å². The van der Waals surface area contributed by atoms with Gasteiger partial charge in [0.15, 0.2) is 0 Å². The molecule has 0 aliphatic rings. The number of nitrogens with one attached hydrogen (secondary N) is 2. The number of benzene rings is 1. The molecule has 0 aromatic heterocycles. The van der Waals surface area contributed by atoms with Gasteiger partial charge in [0.05, 0.1) is 5.56 Å². The fraction of sp³-hybridized carbons (Fsp3) is 0.417. The molecular weight excluding hydrogens is 261 g/mol. The smallest absolute Gasteiger partial charge is 0.416 e. The molecule has 1 rings (SSSR count). The van der Waals surface area contributed by atoms with E-state index in [1.54, 1.807) is 0 Å². The number of hydrogen-bond donors (Lipinski definition) is 2. The topological polar surface area (TPSA) is 50.4 Å². The van der Waals surface area contributed by atoms with E-state index in [0.29, 0.717) is 6.54 Å². The number of hydrogen-bond acceptors (Lipinski definition) is 3. The summed E-state index contributed by atoms with van der Waals surface area (Å²) in [4.78, 5) is 11.3. The predicted molar refractivity (Wildman–Crippen MR) is 65.0 cm³/mol. The monoisotopic (exact) mass is 276 g/mol. The molecule has 0 fully saturated rings. The Labute approximate surface area is 108 Å². The number of likely N-dealkylation sites (N-methyl/N-ethyl adjacent to an activating group) is 1. The van der Waals surface area contributed by atoms with Crippen LogP contribution in [0.5, 0.6) is 0 Å². The molecule has 0 saturated heterocycles. The Balaban J connectivity index is 2.43. The SMILES string of the molecule is CCNCCOC(=O)Nc1ccc(C(F)(F)F)cc1. The molecule has 1 amide bonds. The summed E-state index contributed by atoms with van der Waals surface area (Å²) in [6.07, 6.45) is -5.08. The van der Waals surface area contributed by atoms with Gasteiger partial charge in [0.2, 0.25) is 0 Å². The highest BCUT2D eigenvalue weighted by molar-refractivity contribution is 5.84. The maximum Gasteiger partial charge on any atom is 0.416 e. The van der Waals surface area contributed by atoms with Gasteiger partial charge in [-0.3, -0.25) is 5.32 Å². The normalized spacial score (nSPS) is 11.2. The Hall–Kier alpha value is -1.76. The molecule has 2 N–H and O–H groups in total. The van der Waals surface area contributed by atoms with Gasteiger partial charge < -0.3 is 10.1 Å². The van der Waals surface area contributed by atoms with Gasteiger partial charge in [-0.2, -0.15) is 13.2 Å².